The first-order valence-electron chi connectivity index (χ1n) is 7.04. The molecule has 0 atom stereocenters. The van der Waals surface area contributed by atoms with Gasteiger partial charge in [0.15, 0.2) is 0 Å². The van der Waals surface area contributed by atoms with Crippen LogP contribution in [0.3, 0.4) is 0 Å². The van der Waals surface area contributed by atoms with E-state index in [1.807, 2.05) is 36.4 Å². The monoisotopic (exact) mass is 369 g/mol. The third-order valence-electron chi connectivity index (χ3n) is 3.44. The molecule has 0 radical (unpaired) electrons. The molecule has 1 fully saturated rings. The number of para-hydroxylation sites is 1. The second-order valence-electron chi connectivity index (χ2n) is 5.23. The van der Waals surface area contributed by atoms with E-state index < -0.39 is 17.0 Å². The molecule has 1 saturated carbocycles. The van der Waals surface area contributed by atoms with Crippen LogP contribution in [-0.2, 0) is 17.0 Å². The number of benzene rings is 2. The van der Waals surface area contributed by atoms with Crippen molar-refractivity contribution in [2.24, 2.45) is 4.99 Å². The van der Waals surface area contributed by atoms with Gasteiger partial charge in [0.25, 0.3) is 0 Å². The van der Waals surface area contributed by atoms with Crippen LogP contribution in [-0.4, -0.2) is 11.3 Å². The van der Waals surface area contributed by atoms with E-state index in [-0.39, 0.29) is 0 Å². The number of aliphatic imine (C=N–C) groups is 1. The van der Waals surface area contributed by atoms with Gasteiger partial charge in [-0.1, -0.05) is 24.3 Å². The quantitative estimate of drug-likeness (QED) is 0.545. The Hall–Kier alpha value is -0.796. The summed E-state index contributed by atoms with van der Waals surface area (Å²) in [5.74, 6) is 0.941. The van der Waals surface area contributed by atoms with Crippen LogP contribution < -0.4 is 0 Å². The summed E-state index contributed by atoms with van der Waals surface area (Å²) in [5, 5.41) is 10.3. The fraction of sp³-hybridized carbons (Fsp3) is 0.235. The van der Waals surface area contributed by atoms with Gasteiger partial charge in [0.2, 0.25) is 0 Å². The molecule has 0 amide bonds. The Morgan fingerprint density at radius 3 is 2.41 bits per heavy atom. The van der Waals surface area contributed by atoms with Gasteiger partial charge < -0.3 is 5.11 Å². The van der Waals surface area contributed by atoms with E-state index in [1.165, 1.54) is 18.4 Å². The van der Waals surface area contributed by atoms with Crippen LogP contribution >= 0.6 is 18.6 Å². The van der Waals surface area contributed by atoms with Crippen molar-refractivity contribution in [3.05, 3.63) is 59.2 Å². The maximum atomic E-state index is 10.3. The van der Waals surface area contributed by atoms with Crippen LogP contribution in [0.25, 0.3) is 0 Å². The van der Waals surface area contributed by atoms with Gasteiger partial charge in [0.05, 0.1) is 5.69 Å². The first-order chi connectivity index (χ1) is 10.7. The molecule has 114 valence electrons. The van der Waals surface area contributed by atoms with Gasteiger partial charge in [-0.2, -0.15) is 0 Å². The van der Waals surface area contributed by atoms with Crippen molar-refractivity contribution in [1.29, 1.82) is 0 Å². The Labute approximate surface area is 147 Å². The zero-order valence-electron chi connectivity index (χ0n) is 12.3. The molecule has 3 rings (SSSR count). The van der Waals surface area contributed by atoms with Gasteiger partial charge in [-0.15, -0.1) is 0 Å². The molecule has 1 aliphatic carbocycles. The molecule has 2 aromatic rings. The molecule has 0 saturated heterocycles. The second-order valence-corrected chi connectivity index (χ2v) is 7.81. The third kappa shape index (κ3) is 5.14. The van der Waals surface area contributed by atoms with Crippen LogP contribution in [0, 0.1) is 6.92 Å². The molecule has 22 heavy (non-hydrogen) atoms. The van der Waals surface area contributed by atoms with Gasteiger partial charge in [0, 0.05) is 11.8 Å². The fourth-order valence-electron chi connectivity index (χ4n) is 2.30. The van der Waals surface area contributed by atoms with Gasteiger partial charge in [-0.3, -0.25) is 4.99 Å². The number of halogens is 2. The summed E-state index contributed by atoms with van der Waals surface area (Å²) < 4.78 is 0. The summed E-state index contributed by atoms with van der Waals surface area (Å²) in [5.41, 5.74) is 3.96. The van der Waals surface area contributed by atoms with Crippen molar-refractivity contribution >= 4 is 30.5 Å². The molecule has 1 aliphatic rings. The zero-order chi connectivity index (χ0) is 15.9. The van der Waals surface area contributed by atoms with Crippen LogP contribution in [0.1, 0.15) is 35.4 Å². The fourth-order valence-corrected chi connectivity index (χ4v) is 2.30. The Morgan fingerprint density at radius 2 is 1.82 bits per heavy atom. The van der Waals surface area contributed by atoms with E-state index in [0.29, 0.717) is 11.7 Å². The number of rotatable bonds is 3. The third-order valence-corrected chi connectivity index (χ3v) is 3.44. The molecule has 0 spiro atoms. The summed E-state index contributed by atoms with van der Waals surface area (Å²) in [6.07, 6.45) is 4.13. The van der Waals surface area contributed by atoms with E-state index >= 15 is 0 Å². The van der Waals surface area contributed by atoms with Crippen molar-refractivity contribution in [3.8, 4) is 5.75 Å². The van der Waals surface area contributed by atoms with E-state index in [2.05, 4.69) is 18.0 Å². The number of phenols is 1. The molecule has 2 nitrogen and oxygen atoms in total. The first-order valence-corrected chi connectivity index (χ1v) is 11.3. The van der Waals surface area contributed by atoms with Gasteiger partial charge in [-0.25, -0.2) is 0 Å². The van der Waals surface area contributed by atoms with E-state index in [1.54, 1.807) is 6.21 Å². The maximum absolute atomic E-state index is 10.3. The van der Waals surface area contributed by atoms with E-state index in [9.17, 15) is 5.11 Å². The average molecular weight is 370 g/mol. The zero-order valence-corrected chi connectivity index (χ0v) is 15.3. The molecule has 0 aromatic heterocycles. The summed E-state index contributed by atoms with van der Waals surface area (Å²) in [6, 6.07) is 13.8. The number of hydrogen-bond donors (Lipinski definition) is 1. The van der Waals surface area contributed by atoms with Gasteiger partial charge in [-0.05, 0) is 55.0 Å². The van der Waals surface area contributed by atoms with E-state index in [0.717, 1.165) is 16.8 Å². The Bertz CT molecular complexity index is 643. The minimum atomic E-state index is -0.556. The average Bonchev–Trinajstić information content (AvgIpc) is 3.34. The Balaban J connectivity index is 0.000000545. The predicted octanol–water partition coefficient (Wildman–Crippen LogP) is 5.71. The topological polar surface area (TPSA) is 32.6 Å². The number of phenolic OH excluding ortho intramolecular Hbond substituents is 1. The summed E-state index contributed by atoms with van der Waals surface area (Å²) in [6.45, 7) is 2.06. The van der Waals surface area contributed by atoms with Crippen molar-refractivity contribution in [1.82, 2.24) is 0 Å². The molecule has 0 bridgehead atoms. The van der Waals surface area contributed by atoms with Crippen LogP contribution in [0.5, 0.6) is 5.75 Å². The predicted molar refractivity (Wildman–Crippen MR) is 90.2 cm³/mol. The number of hydrogen-bond acceptors (Lipinski definition) is 2. The summed E-state index contributed by atoms with van der Waals surface area (Å²) in [4.78, 5) is 4.41. The molecule has 5 heteroatoms. The van der Waals surface area contributed by atoms with Crippen LogP contribution in [0.15, 0.2) is 47.5 Å². The van der Waals surface area contributed by atoms with Crippen LogP contribution in [0.2, 0.25) is 0 Å². The SMILES string of the molecule is Cc1cc(C=Nc2ccccc2)c(O)c(C2CC2)c1.[Cl][Ti][Cl]. The molecule has 0 unspecified atom stereocenters. The Morgan fingerprint density at radius 1 is 1.18 bits per heavy atom. The molecule has 1 N–H and O–H groups in total. The Kier molecular flexibility index (Phi) is 6.97. The second kappa shape index (κ2) is 8.74. The van der Waals surface area contributed by atoms with Crippen molar-refractivity contribution in [2.75, 3.05) is 0 Å². The van der Waals surface area contributed by atoms with Crippen molar-refractivity contribution in [2.45, 2.75) is 25.7 Å². The van der Waals surface area contributed by atoms with Crippen molar-refractivity contribution < 1.29 is 22.1 Å². The summed E-state index contributed by atoms with van der Waals surface area (Å²) >= 11 is -0.556. The van der Waals surface area contributed by atoms with Crippen LogP contribution in [0.4, 0.5) is 5.69 Å². The van der Waals surface area contributed by atoms with Gasteiger partial charge >= 0.3 is 35.6 Å². The normalized spacial score (nSPS) is 13.6. The van der Waals surface area contributed by atoms with Crippen molar-refractivity contribution in [3.63, 3.8) is 0 Å². The number of nitrogens with zero attached hydrogens (tertiary/aromatic N) is 1. The number of aryl methyl sites for hydroxylation is 1. The first kappa shape index (κ1) is 17.6. The number of aromatic hydroxyl groups is 1. The minimum absolute atomic E-state index is 0.396. The molecule has 2 aromatic carbocycles. The summed E-state index contributed by atoms with van der Waals surface area (Å²) in [7, 11) is 9.78. The molecular formula is C17H17Cl2NOTi. The molecule has 0 heterocycles. The van der Waals surface area contributed by atoms with E-state index in [4.69, 9.17) is 18.6 Å². The van der Waals surface area contributed by atoms with Gasteiger partial charge in [0.1, 0.15) is 5.75 Å². The standard InChI is InChI=1S/C17H17NO.2ClH.Ti/c1-12-9-14(11-18-15-5-3-2-4-6-15)17(19)16(10-12)13-7-8-13;;;/h2-6,9-11,13,19H,7-8H2,1H3;2*1H;/q;;;+2/p-2. The molecular weight excluding hydrogens is 353 g/mol. The molecule has 0 aliphatic heterocycles.